The third kappa shape index (κ3) is 2.11. The van der Waals surface area contributed by atoms with E-state index in [1.807, 2.05) is 12.1 Å². The van der Waals surface area contributed by atoms with Gasteiger partial charge in [-0.3, -0.25) is 0 Å². The van der Waals surface area contributed by atoms with Crippen molar-refractivity contribution in [2.45, 2.75) is 19.3 Å². The molecule has 1 saturated heterocycles. The highest BCUT2D eigenvalue weighted by molar-refractivity contribution is 5.54. The van der Waals surface area contributed by atoms with E-state index in [0.717, 1.165) is 36.7 Å². The van der Waals surface area contributed by atoms with Crippen LogP contribution in [0.5, 0.6) is 0 Å². The van der Waals surface area contributed by atoms with Crippen LogP contribution in [-0.2, 0) is 0 Å². The van der Waals surface area contributed by atoms with Crippen LogP contribution in [0.25, 0.3) is 11.5 Å². The zero-order chi connectivity index (χ0) is 11.7. The number of rotatable bonds is 2. The molecule has 3 nitrogen and oxygen atoms in total. The molecule has 1 fully saturated rings. The normalized spacial score (nSPS) is 19.7. The highest BCUT2D eigenvalue weighted by atomic mass is 16.3. The standard InChI is InChI=1S/C14H16N2O/c1-10-3-2-4-11(7-10)14-16-13(9-17-14)12-5-6-15-8-12/h2-4,7,9,12,15H,5-6,8H2,1H3. The maximum Gasteiger partial charge on any atom is 0.226 e. The summed E-state index contributed by atoms with van der Waals surface area (Å²) in [4.78, 5) is 4.60. The van der Waals surface area contributed by atoms with Gasteiger partial charge in [0.2, 0.25) is 5.89 Å². The summed E-state index contributed by atoms with van der Waals surface area (Å²) in [5, 5.41) is 3.35. The third-order valence-electron chi connectivity index (χ3n) is 3.27. The van der Waals surface area contributed by atoms with Gasteiger partial charge < -0.3 is 9.73 Å². The van der Waals surface area contributed by atoms with E-state index in [1.165, 1.54) is 5.56 Å². The Morgan fingerprint density at radius 3 is 3.12 bits per heavy atom. The Hall–Kier alpha value is -1.61. The first-order chi connectivity index (χ1) is 8.33. The molecular formula is C14H16N2O. The maximum absolute atomic E-state index is 5.58. The highest BCUT2D eigenvalue weighted by Crippen LogP contribution is 2.26. The molecule has 0 spiro atoms. The second kappa shape index (κ2) is 4.34. The molecule has 1 aliphatic heterocycles. The van der Waals surface area contributed by atoms with E-state index in [4.69, 9.17) is 4.42 Å². The largest absolute Gasteiger partial charge is 0.444 e. The number of nitrogens with one attached hydrogen (secondary N) is 1. The van der Waals surface area contributed by atoms with Gasteiger partial charge in [0.1, 0.15) is 6.26 Å². The molecule has 88 valence electrons. The molecule has 0 radical (unpaired) electrons. The van der Waals surface area contributed by atoms with Gasteiger partial charge in [-0.05, 0) is 32.0 Å². The first kappa shape index (κ1) is 10.5. The number of hydrogen-bond acceptors (Lipinski definition) is 3. The molecule has 0 saturated carbocycles. The minimum absolute atomic E-state index is 0.511. The van der Waals surface area contributed by atoms with Crippen molar-refractivity contribution in [2.24, 2.45) is 0 Å². The smallest absolute Gasteiger partial charge is 0.226 e. The molecule has 1 aromatic heterocycles. The van der Waals surface area contributed by atoms with Crippen LogP contribution in [0, 0.1) is 6.92 Å². The average molecular weight is 228 g/mol. The van der Waals surface area contributed by atoms with E-state index >= 15 is 0 Å². The fourth-order valence-corrected chi connectivity index (χ4v) is 2.29. The lowest BCUT2D eigenvalue weighted by Gasteiger charge is -2.01. The second-order valence-corrected chi connectivity index (χ2v) is 4.64. The van der Waals surface area contributed by atoms with Crippen molar-refractivity contribution in [3.63, 3.8) is 0 Å². The molecule has 1 aliphatic rings. The van der Waals surface area contributed by atoms with Crippen molar-refractivity contribution in [3.8, 4) is 11.5 Å². The van der Waals surface area contributed by atoms with Gasteiger partial charge in [-0.1, -0.05) is 17.7 Å². The zero-order valence-corrected chi connectivity index (χ0v) is 9.94. The molecule has 1 N–H and O–H groups in total. The van der Waals surface area contributed by atoms with Crippen molar-refractivity contribution >= 4 is 0 Å². The number of oxazole rings is 1. The van der Waals surface area contributed by atoms with E-state index in [2.05, 4.69) is 29.4 Å². The van der Waals surface area contributed by atoms with Crippen LogP contribution in [0.1, 0.15) is 23.6 Å². The molecule has 2 aromatic rings. The summed E-state index contributed by atoms with van der Waals surface area (Å²) in [6.07, 6.45) is 2.95. The quantitative estimate of drug-likeness (QED) is 0.858. The van der Waals surface area contributed by atoms with Crippen LogP contribution in [0.15, 0.2) is 34.9 Å². The van der Waals surface area contributed by atoms with Gasteiger partial charge in [0, 0.05) is 18.0 Å². The van der Waals surface area contributed by atoms with Crippen molar-refractivity contribution in [3.05, 3.63) is 41.8 Å². The molecule has 1 unspecified atom stereocenters. The van der Waals surface area contributed by atoms with Crippen molar-refractivity contribution in [1.82, 2.24) is 10.3 Å². The Morgan fingerprint density at radius 2 is 2.35 bits per heavy atom. The summed E-state index contributed by atoms with van der Waals surface area (Å²) in [5.74, 6) is 1.24. The number of hydrogen-bond donors (Lipinski definition) is 1. The first-order valence-electron chi connectivity index (χ1n) is 6.06. The number of nitrogens with zero attached hydrogens (tertiary/aromatic N) is 1. The predicted molar refractivity (Wildman–Crippen MR) is 66.9 cm³/mol. The van der Waals surface area contributed by atoms with Crippen molar-refractivity contribution < 1.29 is 4.42 Å². The van der Waals surface area contributed by atoms with E-state index in [-0.39, 0.29) is 0 Å². The Balaban J connectivity index is 1.89. The van der Waals surface area contributed by atoms with Gasteiger partial charge in [0.25, 0.3) is 0 Å². The molecule has 1 atom stereocenters. The lowest BCUT2D eigenvalue weighted by Crippen LogP contribution is -2.08. The molecule has 17 heavy (non-hydrogen) atoms. The molecule has 3 heteroatoms. The molecule has 0 amide bonds. The fraction of sp³-hybridized carbons (Fsp3) is 0.357. The second-order valence-electron chi connectivity index (χ2n) is 4.64. The number of aryl methyl sites for hydroxylation is 1. The molecule has 0 bridgehead atoms. The summed E-state index contributed by atoms with van der Waals surface area (Å²) in [5.41, 5.74) is 3.36. The van der Waals surface area contributed by atoms with Crippen LogP contribution in [0.3, 0.4) is 0 Å². The maximum atomic E-state index is 5.58. The average Bonchev–Trinajstić information content (AvgIpc) is 3.00. The van der Waals surface area contributed by atoms with Crippen LogP contribution in [0.4, 0.5) is 0 Å². The van der Waals surface area contributed by atoms with E-state index < -0.39 is 0 Å². The first-order valence-corrected chi connectivity index (χ1v) is 6.06. The van der Waals surface area contributed by atoms with Crippen molar-refractivity contribution in [1.29, 1.82) is 0 Å². The minimum Gasteiger partial charge on any atom is -0.444 e. The van der Waals surface area contributed by atoms with E-state index in [9.17, 15) is 0 Å². The summed E-state index contributed by atoms with van der Waals surface area (Å²) in [6, 6.07) is 8.25. The van der Waals surface area contributed by atoms with Gasteiger partial charge >= 0.3 is 0 Å². The molecule has 2 heterocycles. The Bertz CT molecular complexity index is 512. The number of benzene rings is 1. The summed E-state index contributed by atoms with van der Waals surface area (Å²) in [7, 11) is 0. The van der Waals surface area contributed by atoms with Crippen LogP contribution in [0.2, 0.25) is 0 Å². The SMILES string of the molecule is Cc1cccc(-c2nc(C3CCNC3)co2)c1. The molecule has 3 rings (SSSR count). The lowest BCUT2D eigenvalue weighted by molar-refractivity contribution is 0.570. The van der Waals surface area contributed by atoms with Crippen LogP contribution < -0.4 is 5.32 Å². The summed E-state index contributed by atoms with van der Waals surface area (Å²) < 4.78 is 5.58. The van der Waals surface area contributed by atoms with Gasteiger partial charge in [-0.25, -0.2) is 4.98 Å². The Labute approximate surface area is 101 Å². The number of aromatic nitrogens is 1. The highest BCUT2D eigenvalue weighted by Gasteiger charge is 2.20. The summed E-state index contributed by atoms with van der Waals surface area (Å²) >= 11 is 0. The topological polar surface area (TPSA) is 38.1 Å². The molecular weight excluding hydrogens is 212 g/mol. The van der Waals surface area contributed by atoms with Gasteiger partial charge in [-0.2, -0.15) is 0 Å². The van der Waals surface area contributed by atoms with Crippen molar-refractivity contribution in [2.75, 3.05) is 13.1 Å². The van der Waals surface area contributed by atoms with E-state index in [1.54, 1.807) is 6.26 Å². The fourth-order valence-electron chi connectivity index (χ4n) is 2.29. The Morgan fingerprint density at radius 1 is 1.41 bits per heavy atom. The van der Waals surface area contributed by atoms with Gasteiger partial charge in [0.15, 0.2) is 0 Å². The Kier molecular flexibility index (Phi) is 2.69. The van der Waals surface area contributed by atoms with Crippen LogP contribution >= 0.6 is 0 Å². The molecule has 1 aromatic carbocycles. The van der Waals surface area contributed by atoms with E-state index in [0.29, 0.717) is 5.92 Å². The van der Waals surface area contributed by atoms with Gasteiger partial charge in [0.05, 0.1) is 5.69 Å². The lowest BCUT2D eigenvalue weighted by atomic mass is 10.1. The van der Waals surface area contributed by atoms with Crippen LogP contribution in [-0.4, -0.2) is 18.1 Å². The zero-order valence-electron chi connectivity index (χ0n) is 9.94. The molecule has 0 aliphatic carbocycles. The minimum atomic E-state index is 0.511. The summed E-state index contributed by atoms with van der Waals surface area (Å²) in [6.45, 7) is 4.17. The predicted octanol–water partition coefficient (Wildman–Crippen LogP) is 2.73. The van der Waals surface area contributed by atoms with Gasteiger partial charge in [-0.15, -0.1) is 0 Å². The monoisotopic (exact) mass is 228 g/mol. The third-order valence-corrected chi connectivity index (χ3v) is 3.27.